The summed E-state index contributed by atoms with van der Waals surface area (Å²) in [6.07, 6.45) is 10.8. The van der Waals surface area contributed by atoms with Gasteiger partial charge >= 0.3 is 229 Å². The summed E-state index contributed by atoms with van der Waals surface area (Å²) in [5.74, 6) is -6.02. The second kappa shape index (κ2) is 11.5. The number of ether oxygens (including phenoxy) is 2. The quantitative estimate of drug-likeness (QED) is 0.161. The summed E-state index contributed by atoms with van der Waals surface area (Å²) in [5.41, 5.74) is -0.264. The Bertz CT molecular complexity index is 1380. The molecule has 0 amide bonds. The fraction of sp³-hybridized carbons (Fsp3) is 0.267. The summed E-state index contributed by atoms with van der Waals surface area (Å²) in [6.45, 7) is 5.79. The van der Waals surface area contributed by atoms with Crippen LogP contribution in [0.25, 0.3) is 0 Å². The van der Waals surface area contributed by atoms with Crippen molar-refractivity contribution < 1.29 is 53.2 Å². The Morgan fingerprint density at radius 3 is 1.44 bits per heavy atom. The number of hydrogen-bond acceptors (Lipinski definition) is 4. The molecule has 204 valence electrons. The molecular weight excluding hydrogens is 548 g/mol. The zero-order chi connectivity index (χ0) is 28.5. The molecule has 0 radical (unpaired) electrons. The Balaban J connectivity index is 2.11. The van der Waals surface area contributed by atoms with Crippen LogP contribution in [0.1, 0.15) is 50.7 Å². The van der Waals surface area contributed by atoms with Crippen molar-refractivity contribution in [3.05, 3.63) is 90.7 Å². The maximum atomic E-state index is 16.4. The van der Waals surface area contributed by atoms with E-state index >= 15 is 17.6 Å². The third-order valence-electron chi connectivity index (χ3n) is 7.11. The second-order valence-electron chi connectivity index (χ2n) is 9.39. The van der Waals surface area contributed by atoms with Gasteiger partial charge in [-0.2, -0.15) is 0 Å². The first-order valence-electron chi connectivity index (χ1n) is 12.7. The molecule has 0 bridgehead atoms. The van der Waals surface area contributed by atoms with Gasteiger partial charge in [0.15, 0.2) is 0 Å². The zero-order valence-electron chi connectivity index (χ0n) is 22.1. The number of hydrogen-bond donors (Lipinski definition) is 0. The molecule has 0 saturated carbocycles. The summed E-state index contributed by atoms with van der Waals surface area (Å²) in [7, 11) is 0. The van der Waals surface area contributed by atoms with Gasteiger partial charge < -0.3 is 0 Å². The van der Waals surface area contributed by atoms with Crippen LogP contribution in [0.5, 0.6) is 11.5 Å². The van der Waals surface area contributed by atoms with Crippen LogP contribution >= 0.6 is 0 Å². The Hall–Kier alpha value is -3.23. The van der Waals surface area contributed by atoms with Crippen LogP contribution in [0.15, 0.2) is 56.3 Å². The first kappa shape index (κ1) is 28.8. The van der Waals surface area contributed by atoms with E-state index in [9.17, 15) is 9.59 Å². The van der Waals surface area contributed by atoms with Gasteiger partial charge in [0.1, 0.15) is 0 Å². The molecule has 2 aromatic rings. The molecule has 0 heterocycles. The van der Waals surface area contributed by atoms with Crippen LogP contribution in [0.4, 0.5) is 17.6 Å². The van der Waals surface area contributed by atoms with Gasteiger partial charge in [-0.3, -0.25) is 0 Å². The van der Waals surface area contributed by atoms with Gasteiger partial charge in [-0.1, -0.05) is 0 Å². The SMILES string of the molecule is CCC(=O)Oc1cc(F)[c]([Ti]([C]2=CC=CC2)([C]2=CC=CC2)[c]2c(F)cc(OC(=O)CC)c(C)c2F)c(F)c1C. The molecule has 0 saturated heterocycles. The van der Waals surface area contributed by atoms with E-state index in [1.807, 2.05) is 0 Å². The minimum atomic E-state index is -5.02. The van der Waals surface area contributed by atoms with Crippen LogP contribution in [0, 0.1) is 37.1 Å². The van der Waals surface area contributed by atoms with Crippen molar-refractivity contribution in [1.29, 1.82) is 0 Å². The molecule has 0 fully saturated rings. The number of carbonyl (C=O) groups is 2. The average molecular weight is 576 g/mol. The van der Waals surface area contributed by atoms with Gasteiger partial charge in [-0.25, -0.2) is 0 Å². The molecule has 0 atom stereocenters. The molecule has 2 aromatic carbocycles. The molecule has 0 spiro atoms. The van der Waals surface area contributed by atoms with E-state index in [1.165, 1.54) is 13.8 Å². The summed E-state index contributed by atoms with van der Waals surface area (Å²) in [6, 6.07) is 1.85. The van der Waals surface area contributed by atoms with E-state index in [-0.39, 0.29) is 48.3 Å². The molecule has 0 aliphatic heterocycles. The molecule has 0 unspecified atom stereocenters. The van der Waals surface area contributed by atoms with Gasteiger partial charge in [0.2, 0.25) is 0 Å². The summed E-state index contributed by atoms with van der Waals surface area (Å²) in [5, 5.41) is 0. The molecule has 0 N–H and O–H groups in total. The fourth-order valence-corrected chi connectivity index (χ4v) is 13.5. The Kier molecular flexibility index (Phi) is 8.47. The third kappa shape index (κ3) is 4.96. The van der Waals surface area contributed by atoms with E-state index < -0.39 is 59.5 Å². The molecule has 4 nitrogen and oxygen atoms in total. The average Bonchev–Trinajstić information content (AvgIpc) is 3.64. The van der Waals surface area contributed by atoms with Gasteiger partial charge in [0.05, 0.1) is 0 Å². The van der Waals surface area contributed by atoms with Crippen LogP contribution in [-0.4, -0.2) is 11.9 Å². The number of carbonyl (C=O) groups excluding carboxylic acids is 2. The number of halogens is 4. The van der Waals surface area contributed by atoms with E-state index in [4.69, 9.17) is 9.47 Å². The van der Waals surface area contributed by atoms with E-state index in [0.717, 1.165) is 12.1 Å². The summed E-state index contributed by atoms with van der Waals surface area (Å²) in [4.78, 5) is 23.8. The molecule has 2 aliphatic rings. The monoisotopic (exact) mass is 576 g/mol. The Morgan fingerprint density at radius 2 is 1.13 bits per heavy atom. The van der Waals surface area contributed by atoms with Gasteiger partial charge in [0, 0.05) is 0 Å². The number of esters is 2. The molecule has 39 heavy (non-hydrogen) atoms. The first-order valence-corrected chi connectivity index (χ1v) is 15.8. The Labute approximate surface area is 228 Å². The molecule has 2 aliphatic carbocycles. The molecular formula is C30H28F4O4Ti. The second-order valence-corrected chi connectivity index (χ2v) is 15.3. The maximum absolute atomic E-state index is 16.4. The van der Waals surface area contributed by atoms with Gasteiger partial charge in [-0.15, -0.1) is 0 Å². The zero-order valence-corrected chi connectivity index (χ0v) is 23.7. The number of rotatable bonds is 8. The van der Waals surface area contributed by atoms with Crippen molar-refractivity contribution in [2.75, 3.05) is 0 Å². The van der Waals surface area contributed by atoms with Gasteiger partial charge in [-0.05, 0) is 0 Å². The van der Waals surface area contributed by atoms with Gasteiger partial charge in [0.25, 0.3) is 0 Å². The third-order valence-corrected chi connectivity index (χ3v) is 15.1. The van der Waals surface area contributed by atoms with Crippen molar-refractivity contribution in [3.63, 3.8) is 0 Å². The topological polar surface area (TPSA) is 52.6 Å². The number of benzene rings is 2. The summed E-state index contributed by atoms with van der Waals surface area (Å²) < 4.78 is 75.9. The van der Waals surface area contributed by atoms with Crippen LogP contribution < -0.4 is 17.2 Å². The van der Waals surface area contributed by atoms with Crippen molar-refractivity contribution in [3.8, 4) is 11.5 Å². The van der Waals surface area contributed by atoms with Crippen molar-refractivity contribution in [2.45, 2.75) is 53.4 Å². The van der Waals surface area contributed by atoms with Crippen LogP contribution in [0.2, 0.25) is 0 Å². The van der Waals surface area contributed by atoms with Crippen LogP contribution in [0.3, 0.4) is 0 Å². The summed E-state index contributed by atoms with van der Waals surface area (Å²) >= 11 is -5.02. The normalized spacial score (nSPS) is 14.5. The number of allylic oxidation sites excluding steroid dienone is 8. The standard InChI is InChI=1S/2C10H9F2O2.2C5H5.Ti/c2*1-3-10(13)14-9-5-7(11)4-8(12)6(9)2;2*1-2-4-5-3-1;/h2*5H,3H2,1-2H3;2*1-3H,4H2;. The van der Waals surface area contributed by atoms with Crippen molar-refractivity contribution in [2.24, 2.45) is 0 Å². The Morgan fingerprint density at radius 1 is 0.744 bits per heavy atom. The fourth-order valence-electron chi connectivity index (χ4n) is 5.11. The molecule has 4 rings (SSSR count). The van der Waals surface area contributed by atoms with Crippen molar-refractivity contribution >= 4 is 19.7 Å². The molecule has 9 heteroatoms. The first-order chi connectivity index (χ1) is 18.6. The molecule has 0 aromatic heterocycles. The minimum absolute atomic E-state index is 0.00601. The predicted molar refractivity (Wildman–Crippen MR) is 137 cm³/mol. The van der Waals surface area contributed by atoms with Crippen molar-refractivity contribution in [1.82, 2.24) is 0 Å². The predicted octanol–water partition coefficient (Wildman–Crippen LogP) is 6.28. The van der Waals surface area contributed by atoms with Crippen LogP contribution in [-0.2, 0) is 26.2 Å². The van der Waals surface area contributed by atoms with E-state index in [0.29, 0.717) is 7.76 Å². The van der Waals surface area contributed by atoms with E-state index in [1.54, 1.807) is 50.3 Å². The van der Waals surface area contributed by atoms with E-state index in [2.05, 4.69) is 0 Å².